The minimum Gasteiger partial charge on any atom is -0.372 e. The third-order valence-electron chi connectivity index (χ3n) is 2.73. The van der Waals surface area contributed by atoms with Crippen molar-refractivity contribution in [1.29, 1.82) is 0 Å². The summed E-state index contributed by atoms with van der Waals surface area (Å²) in [6.07, 6.45) is 5.23. The molecule has 0 aliphatic heterocycles. The number of hydrogen-bond donors (Lipinski definition) is 2. The Morgan fingerprint density at radius 2 is 2.35 bits per heavy atom. The molecule has 20 heavy (non-hydrogen) atoms. The van der Waals surface area contributed by atoms with Crippen LogP contribution in [0.1, 0.15) is 17.3 Å². The molecule has 2 N–H and O–H groups in total. The summed E-state index contributed by atoms with van der Waals surface area (Å²) in [6, 6.07) is 3.56. The van der Waals surface area contributed by atoms with Crippen LogP contribution in [0.25, 0.3) is 0 Å². The van der Waals surface area contributed by atoms with Crippen molar-refractivity contribution in [3.8, 4) is 0 Å². The van der Waals surface area contributed by atoms with Gasteiger partial charge in [-0.1, -0.05) is 0 Å². The normalized spacial score (nSPS) is 11.9. The molecular formula is C13H16BrN5O. The molecular weight excluding hydrogens is 322 g/mol. The van der Waals surface area contributed by atoms with Crippen molar-refractivity contribution in [3.63, 3.8) is 0 Å². The number of rotatable bonds is 5. The van der Waals surface area contributed by atoms with E-state index in [0.29, 0.717) is 17.9 Å². The van der Waals surface area contributed by atoms with Crippen LogP contribution in [0.5, 0.6) is 0 Å². The van der Waals surface area contributed by atoms with Crippen molar-refractivity contribution in [3.05, 3.63) is 40.8 Å². The van der Waals surface area contributed by atoms with Crippen LogP contribution in [-0.4, -0.2) is 33.8 Å². The molecule has 0 spiro atoms. The molecule has 0 aromatic carbocycles. The third-order valence-corrected chi connectivity index (χ3v) is 3.17. The Hall–Kier alpha value is -1.89. The van der Waals surface area contributed by atoms with Crippen molar-refractivity contribution in [2.24, 2.45) is 0 Å². The molecule has 0 aliphatic carbocycles. The van der Waals surface area contributed by atoms with E-state index in [1.807, 2.05) is 19.2 Å². The van der Waals surface area contributed by atoms with Gasteiger partial charge in [-0.2, -0.15) is 5.10 Å². The molecule has 1 unspecified atom stereocenters. The molecule has 0 radical (unpaired) electrons. The largest absolute Gasteiger partial charge is 0.372 e. The lowest BCUT2D eigenvalue weighted by Crippen LogP contribution is -2.36. The van der Waals surface area contributed by atoms with Crippen LogP contribution < -0.4 is 10.6 Å². The van der Waals surface area contributed by atoms with E-state index in [2.05, 4.69) is 36.6 Å². The molecule has 0 saturated heterocycles. The van der Waals surface area contributed by atoms with E-state index in [4.69, 9.17) is 0 Å². The molecule has 2 heterocycles. The van der Waals surface area contributed by atoms with Crippen LogP contribution in [0.2, 0.25) is 0 Å². The zero-order valence-corrected chi connectivity index (χ0v) is 12.9. The molecule has 106 valence electrons. The van der Waals surface area contributed by atoms with Crippen LogP contribution in [0, 0.1) is 0 Å². The van der Waals surface area contributed by atoms with Gasteiger partial charge in [0.15, 0.2) is 0 Å². The molecule has 0 bridgehead atoms. The maximum Gasteiger partial charge on any atom is 0.255 e. The number of amides is 1. The maximum atomic E-state index is 12.3. The fourth-order valence-corrected chi connectivity index (χ4v) is 2.18. The number of anilines is 1. The highest BCUT2D eigenvalue weighted by Gasteiger charge is 2.15. The zero-order valence-electron chi connectivity index (χ0n) is 11.3. The lowest BCUT2D eigenvalue weighted by molar-refractivity contribution is 0.0936. The number of nitrogens with one attached hydrogen (secondary N) is 2. The number of halogens is 1. The number of carbonyl (C=O) groups is 1. The lowest BCUT2D eigenvalue weighted by Gasteiger charge is -2.15. The second-order valence-corrected chi connectivity index (χ2v) is 5.32. The van der Waals surface area contributed by atoms with Gasteiger partial charge in [-0.3, -0.25) is 9.48 Å². The number of pyridine rings is 1. The monoisotopic (exact) mass is 337 g/mol. The van der Waals surface area contributed by atoms with E-state index < -0.39 is 0 Å². The average molecular weight is 338 g/mol. The molecule has 0 saturated carbocycles. The predicted octanol–water partition coefficient (Wildman–Crippen LogP) is 1.90. The van der Waals surface area contributed by atoms with E-state index in [0.717, 1.165) is 4.47 Å². The number of carbonyl (C=O) groups excluding carboxylic acids is 1. The van der Waals surface area contributed by atoms with Crippen LogP contribution >= 0.6 is 15.9 Å². The van der Waals surface area contributed by atoms with Crippen molar-refractivity contribution < 1.29 is 4.79 Å². The minimum atomic E-state index is -0.164. The Morgan fingerprint density at radius 3 is 3.00 bits per heavy atom. The lowest BCUT2D eigenvalue weighted by atomic mass is 10.2. The fraction of sp³-hybridized carbons (Fsp3) is 0.308. The van der Waals surface area contributed by atoms with E-state index in [-0.39, 0.29) is 11.9 Å². The van der Waals surface area contributed by atoms with Gasteiger partial charge in [-0.15, -0.1) is 0 Å². The SMILES string of the molecule is CNc1ncc(Br)cc1C(=O)NC(C)Cn1cccn1. The van der Waals surface area contributed by atoms with E-state index in [1.54, 1.807) is 30.2 Å². The molecule has 1 amide bonds. The molecule has 6 nitrogen and oxygen atoms in total. The first-order valence-electron chi connectivity index (χ1n) is 6.21. The first-order chi connectivity index (χ1) is 9.60. The molecule has 2 rings (SSSR count). The van der Waals surface area contributed by atoms with Gasteiger partial charge in [0.2, 0.25) is 0 Å². The Morgan fingerprint density at radius 1 is 1.55 bits per heavy atom. The van der Waals surface area contributed by atoms with Gasteiger partial charge in [0.05, 0.1) is 12.1 Å². The fourth-order valence-electron chi connectivity index (χ4n) is 1.85. The molecule has 0 aliphatic rings. The highest BCUT2D eigenvalue weighted by atomic mass is 79.9. The summed E-state index contributed by atoms with van der Waals surface area (Å²) < 4.78 is 2.55. The Bertz CT molecular complexity index is 584. The quantitative estimate of drug-likeness (QED) is 0.874. The van der Waals surface area contributed by atoms with Crippen molar-refractivity contribution >= 4 is 27.7 Å². The summed E-state index contributed by atoms with van der Waals surface area (Å²) in [6.45, 7) is 2.55. The van der Waals surface area contributed by atoms with Crippen LogP contribution in [-0.2, 0) is 6.54 Å². The topological polar surface area (TPSA) is 71.8 Å². The zero-order chi connectivity index (χ0) is 14.5. The average Bonchev–Trinajstić information content (AvgIpc) is 2.91. The van der Waals surface area contributed by atoms with E-state index in [9.17, 15) is 4.79 Å². The summed E-state index contributed by atoms with van der Waals surface area (Å²) in [5, 5.41) is 9.97. The second-order valence-electron chi connectivity index (χ2n) is 4.40. The highest BCUT2D eigenvalue weighted by molar-refractivity contribution is 9.10. The maximum absolute atomic E-state index is 12.3. The summed E-state index contributed by atoms with van der Waals surface area (Å²) in [7, 11) is 1.74. The van der Waals surface area contributed by atoms with Crippen molar-refractivity contribution in [1.82, 2.24) is 20.1 Å². The number of hydrogen-bond acceptors (Lipinski definition) is 4. The summed E-state index contributed by atoms with van der Waals surface area (Å²) in [4.78, 5) is 16.4. The first-order valence-corrected chi connectivity index (χ1v) is 7.01. The number of nitrogens with zero attached hydrogens (tertiary/aromatic N) is 3. The van der Waals surface area contributed by atoms with Gasteiger partial charge in [-0.25, -0.2) is 4.98 Å². The molecule has 7 heteroatoms. The standard InChI is InChI=1S/C13H16BrN5O/c1-9(8-19-5-3-4-17-19)18-13(20)11-6-10(14)7-16-12(11)15-2/h3-7,9H,8H2,1-2H3,(H,15,16)(H,18,20). The van der Waals surface area contributed by atoms with Crippen LogP contribution in [0.15, 0.2) is 35.2 Å². The predicted molar refractivity (Wildman–Crippen MR) is 80.6 cm³/mol. The molecule has 2 aromatic rings. The molecule has 1 atom stereocenters. The van der Waals surface area contributed by atoms with Gasteiger partial charge in [-0.05, 0) is 35.0 Å². The smallest absolute Gasteiger partial charge is 0.255 e. The second kappa shape index (κ2) is 6.51. The van der Waals surface area contributed by atoms with Crippen LogP contribution in [0.4, 0.5) is 5.82 Å². The van der Waals surface area contributed by atoms with Gasteiger partial charge in [0.25, 0.3) is 5.91 Å². The minimum absolute atomic E-state index is 0.0360. The van der Waals surface area contributed by atoms with Crippen molar-refractivity contribution in [2.75, 3.05) is 12.4 Å². The summed E-state index contributed by atoms with van der Waals surface area (Å²) >= 11 is 3.32. The van der Waals surface area contributed by atoms with E-state index >= 15 is 0 Å². The molecule has 2 aromatic heterocycles. The van der Waals surface area contributed by atoms with Gasteiger partial charge >= 0.3 is 0 Å². The first kappa shape index (κ1) is 14.5. The van der Waals surface area contributed by atoms with Crippen LogP contribution in [0.3, 0.4) is 0 Å². The Balaban J connectivity index is 2.06. The van der Waals surface area contributed by atoms with Gasteiger partial charge in [0.1, 0.15) is 5.82 Å². The van der Waals surface area contributed by atoms with E-state index in [1.165, 1.54) is 0 Å². The Labute approximate surface area is 125 Å². The third kappa shape index (κ3) is 3.57. The molecule has 0 fully saturated rings. The highest BCUT2D eigenvalue weighted by Crippen LogP contribution is 2.17. The Kier molecular flexibility index (Phi) is 4.73. The number of aromatic nitrogens is 3. The summed E-state index contributed by atoms with van der Waals surface area (Å²) in [5.41, 5.74) is 0.509. The van der Waals surface area contributed by atoms with Gasteiger partial charge < -0.3 is 10.6 Å². The van der Waals surface area contributed by atoms with Crippen molar-refractivity contribution in [2.45, 2.75) is 19.5 Å². The summed E-state index contributed by atoms with van der Waals surface area (Å²) in [5.74, 6) is 0.389. The van der Waals surface area contributed by atoms with Gasteiger partial charge in [0, 0.05) is 36.2 Å².